The van der Waals surface area contributed by atoms with Crippen molar-refractivity contribution in [2.24, 2.45) is 4.99 Å². The van der Waals surface area contributed by atoms with Gasteiger partial charge in [-0.2, -0.15) is 0 Å². The molecule has 0 aromatic heterocycles. The predicted octanol–water partition coefficient (Wildman–Crippen LogP) is 2.94. The molecule has 25 heavy (non-hydrogen) atoms. The molecular formula is C17H29ClIN3O3. The Kier molecular flexibility index (Phi) is 15.0. The van der Waals surface area contributed by atoms with Crippen LogP contribution in [0.5, 0.6) is 5.75 Å². The van der Waals surface area contributed by atoms with Crippen LogP contribution in [0.25, 0.3) is 0 Å². The minimum Gasteiger partial charge on any atom is -0.489 e. The topological polar surface area (TPSA) is 64.1 Å². The lowest BCUT2D eigenvalue weighted by Crippen LogP contribution is -2.42. The molecule has 0 saturated heterocycles. The van der Waals surface area contributed by atoms with Gasteiger partial charge >= 0.3 is 0 Å². The van der Waals surface area contributed by atoms with Crippen LogP contribution in [-0.4, -0.2) is 59.1 Å². The van der Waals surface area contributed by atoms with Crippen molar-refractivity contribution < 1.29 is 14.2 Å². The number of ether oxygens (including phenoxy) is 3. The van der Waals surface area contributed by atoms with Crippen molar-refractivity contribution in [2.45, 2.75) is 19.4 Å². The highest BCUT2D eigenvalue weighted by molar-refractivity contribution is 14.0. The van der Waals surface area contributed by atoms with Crippen LogP contribution < -0.4 is 15.4 Å². The first-order valence-electron chi connectivity index (χ1n) is 8.09. The Hall–Kier alpha value is -0.770. The lowest BCUT2D eigenvalue weighted by molar-refractivity contribution is 0.0698. The summed E-state index contributed by atoms with van der Waals surface area (Å²) in [6, 6.07) is 7.34. The monoisotopic (exact) mass is 485 g/mol. The van der Waals surface area contributed by atoms with Crippen LogP contribution in [0.4, 0.5) is 0 Å². The maximum absolute atomic E-state index is 5.86. The maximum Gasteiger partial charge on any atom is 0.191 e. The van der Waals surface area contributed by atoms with Gasteiger partial charge in [-0.25, -0.2) is 0 Å². The fourth-order valence-corrected chi connectivity index (χ4v) is 2.00. The Morgan fingerprint density at radius 3 is 2.52 bits per heavy atom. The van der Waals surface area contributed by atoms with Gasteiger partial charge < -0.3 is 24.8 Å². The van der Waals surface area contributed by atoms with Crippen molar-refractivity contribution in [3.63, 3.8) is 0 Å². The van der Waals surface area contributed by atoms with Crippen molar-refractivity contribution in [3.05, 3.63) is 29.3 Å². The maximum atomic E-state index is 5.86. The molecule has 0 aliphatic rings. The highest BCUT2D eigenvalue weighted by Gasteiger charge is 2.05. The number of nitrogens with one attached hydrogen (secondary N) is 2. The fraction of sp³-hybridized carbons (Fsp3) is 0.588. The summed E-state index contributed by atoms with van der Waals surface area (Å²) in [7, 11) is 3.41. The van der Waals surface area contributed by atoms with Gasteiger partial charge in [-0.1, -0.05) is 11.6 Å². The first-order valence-corrected chi connectivity index (χ1v) is 8.47. The molecular weight excluding hydrogens is 457 g/mol. The van der Waals surface area contributed by atoms with E-state index >= 15 is 0 Å². The molecule has 8 heteroatoms. The second-order valence-electron chi connectivity index (χ2n) is 5.22. The van der Waals surface area contributed by atoms with E-state index in [4.69, 9.17) is 25.8 Å². The molecule has 0 aliphatic carbocycles. The summed E-state index contributed by atoms with van der Waals surface area (Å²) in [5.74, 6) is 1.54. The zero-order valence-corrected chi connectivity index (χ0v) is 18.2. The summed E-state index contributed by atoms with van der Waals surface area (Å²) in [5, 5.41) is 7.18. The van der Waals surface area contributed by atoms with E-state index in [9.17, 15) is 0 Å². The predicted molar refractivity (Wildman–Crippen MR) is 114 cm³/mol. The Bertz CT molecular complexity index is 475. The van der Waals surface area contributed by atoms with Crippen LogP contribution in [0.3, 0.4) is 0 Å². The summed E-state index contributed by atoms with van der Waals surface area (Å²) >= 11 is 5.86. The molecule has 0 radical (unpaired) electrons. The number of methoxy groups -OCH3 is 1. The second-order valence-corrected chi connectivity index (χ2v) is 5.66. The number of benzene rings is 1. The van der Waals surface area contributed by atoms with Gasteiger partial charge in [-0.3, -0.25) is 4.99 Å². The smallest absolute Gasteiger partial charge is 0.191 e. The number of halogens is 2. The standard InChI is InChI=1S/C17H28ClN3O3.HI/c1-14(24-16-7-5-15(18)6-8-16)13-21-17(19-2)20-9-4-10-23-12-11-22-3;/h5-8,14H,4,9-13H2,1-3H3,(H2,19,20,21);1H. The Balaban J connectivity index is 0.00000576. The molecule has 0 heterocycles. The molecule has 0 saturated carbocycles. The summed E-state index contributed by atoms with van der Waals surface area (Å²) in [6.45, 7) is 5.39. The molecule has 1 aromatic carbocycles. The second kappa shape index (κ2) is 15.5. The van der Waals surface area contributed by atoms with Gasteiger partial charge in [0.15, 0.2) is 5.96 Å². The first kappa shape index (κ1) is 24.2. The third-order valence-electron chi connectivity index (χ3n) is 3.12. The van der Waals surface area contributed by atoms with Gasteiger partial charge in [0.05, 0.1) is 19.8 Å². The van der Waals surface area contributed by atoms with Crippen molar-refractivity contribution in [3.8, 4) is 5.75 Å². The Labute approximate surface area is 172 Å². The van der Waals surface area contributed by atoms with E-state index in [0.717, 1.165) is 24.7 Å². The van der Waals surface area contributed by atoms with Crippen LogP contribution in [0, 0.1) is 0 Å². The first-order chi connectivity index (χ1) is 11.7. The lowest BCUT2D eigenvalue weighted by atomic mass is 10.3. The third kappa shape index (κ3) is 12.3. The molecule has 1 aromatic rings. The fourth-order valence-electron chi connectivity index (χ4n) is 1.87. The number of hydrogen-bond donors (Lipinski definition) is 2. The van der Waals surface area contributed by atoms with Crippen molar-refractivity contribution in [2.75, 3.05) is 47.1 Å². The SMILES string of the molecule is CN=C(NCCCOCCOC)NCC(C)Oc1ccc(Cl)cc1.I. The number of hydrogen-bond acceptors (Lipinski definition) is 4. The van der Waals surface area contributed by atoms with Crippen LogP contribution in [-0.2, 0) is 9.47 Å². The summed E-state index contributed by atoms with van der Waals surface area (Å²) < 4.78 is 16.1. The zero-order valence-electron chi connectivity index (χ0n) is 15.1. The molecule has 2 N–H and O–H groups in total. The van der Waals surface area contributed by atoms with Crippen LogP contribution in [0.15, 0.2) is 29.3 Å². The average Bonchev–Trinajstić information content (AvgIpc) is 2.58. The van der Waals surface area contributed by atoms with Crippen LogP contribution in [0.1, 0.15) is 13.3 Å². The Morgan fingerprint density at radius 1 is 1.16 bits per heavy atom. The number of guanidine groups is 1. The van der Waals surface area contributed by atoms with Gasteiger partial charge in [0.1, 0.15) is 11.9 Å². The number of rotatable bonds is 11. The van der Waals surface area contributed by atoms with E-state index in [1.54, 1.807) is 14.2 Å². The highest BCUT2D eigenvalue weighted by atomic mass is 127. The third-order valence-corrected chi connectivity index (χ3v) is 3.37. The van der Waals surface area contributed by atoms with E-state index in [0.29, 0.717) is 31.4 Å². The Morgan fingerprint density at radius 2 is 1.88 bits per heavy atom. The number of nitrogens with zero attached hydrogens (tertiary/aromatic N) is 1. The van der Waals surface area contributed by atoms with Gasteiger partial charge in [0.25, 0.3) is 0 Å². The molecule has 6 nitrogen and oxygen atoms in total. The summed E-state index contributed by atoms with van der Waals surface area (Å²) in [6.07, 6.45) is 0.906. The lowest BCUT2D eigenvalue weighted by Gasteiger charge is -2.17. The normalized spacial score (nSPS) is 12.2. The zero-order chi connectivity index (χ0) is 17.6. The molecule has 0 bridgehead atoms. The van der Waals surface area contributed by atoms with E-state index in [1.165, 1.54) is 0 Å². The minimum atomic E-state index is 0. The van der Waals surface area contributed by atoms with Gasteiger partial charge in [0, 0.05) is 32.3 Å². The van der Waals surface area contributed by atoms with Crippen molar-refractivity contribution in [1.82, 2.24) is 10.6 Å². The molecule has 0 spiro atoms. The van der Waals surface area contributed by atoms with Gasteiger partial charge in [0.2, 0.25) is 0 Å². The highest BCUT2D eigenvalue weighted by Crippen LogP contribution is 2.16. The summed E-state index contributed by atoms with van der Waals surface area (Å²) in [5.41, 5.74) is 0. The van der Waals surface area contributed by atoms with Crippen LogP contribution in [0.2, 0.25) is 5.02 Å². The van der Waals surface area contributed by atoms with E-state index in [2.05, 4.69) is 15.6 Å². The minimum absolute atomic E-state index is 0. The molecule has 0 fully saturated rings. The van der Waals surface area contributed by atoms with E-state index < -0.39 is 0 Å². The van der Waals surface area contributed by atoms with E-state index in [1.807, 2.05) is 31.2 Å². The van der Waals surface area contributed by atoms with Crippen molar-refractivity contribution in [1.29, 1.82) is 0 Å². The average molecular weight is 486 g/mol. The van der Waals surface area contributed by atoms with E-state index in [-0.39, 0.29) is 30.1 Å². The molecule has 0 amide bonds. The molecule has 1 rings (SSSR count). The molecule has 144 valence electrons. The molecule has 0 aliphatic heterocycles. The molecule has 1 atom stereocenters. The molecule has 1 unspecified atom stereocenters. The van der Waals surface area contributed by atoms with Crippen LogP contribution >= 0.6 is 35.6 Å². The largest absolute Gasteiger partial charge is 0.489 e. The quantitative estimate of drug-likeness (QED) is 0.218. The van der Waals surface area contributed by atoms with Gasteiger partial charge in [-0.05, 0) is 37.6 Å². The summed E-state index contributed by atoms with van der Waals surface area (Å²) in [4.78, 5) is 4.19. The van der Waals surface area contributed by atoms with Crippen molar-refractivity contribution >= 4 is 41.5 Å². The number of aliphatic imine (C=N–C) groups is 1. The van der Waals surface area contributed by atoms with Gasteiger partial charge in [-0.15, -0.1) is 24.0 Å².